The Bertz CT molecular complexity index is 896. The second-order valence-corrected chi connectivity index (χ2v) is 8.85. The van der Waals surface area contributed by atoms with Gasteiger partial charge in [0.1, 0.15) is 11.8 Å². The number of hydrogen-bond donors (Lipinski definition) is 1. The molecule has 1 aromatic heterocycles. The molecule has 1 saturated carbocycles. The highest BCUT2D eigenvalue weighted by atomic mass is 32.1. The quantitative estimate of drug-likeness (QED) is 0.317. The molecule has 31 heavy (non-hydrogen) atoms. The van der Waals surface area contributed by atoms with Gasteiger partial charge in [-0.15, -0.1) is 0 Å². The van der Waals surface area contributed by atoms with Gasteiger partial charge in [0.2, 0.25) is 0 Å². The molecule has 0 amide bonds. The maximum absolute atomic E-state index is 12.9. The average Bonchev–Trinajstić information content (AvgIpc) is 3.28. The van der Waals surface area contributed by atoms with Crippen LogP contribution in [0.3, 0.4) is 0 Å². The number of nitrogens with zero attached hydrogens (tertiary/aromatic N) is 1. The van der Waals surface area contributed by atoms with Gasteiger partial charge in [-0.1, -0.05) is 62.3 Å². The highest BCUT2D eigenvalue weighted by Crippen LogP contribution is 2.40. The van der Waals surface area contributed by atoms with Gasteiger partial charge in [-0.2, -0.15) is 0 Å². The molecule has 3 atom stereocenters. The fourth-order valence-electron chi connectivity index (χ4n) is 4.55. The molecule has 6 heteroatoms. The van der Waals surface area contributed by atoms with Crippen LogP contribution < -0.4 is 4.74 Å². The lowest BCUT2D eigenvalue weighted by molar-refractivity contribution is -0.154. The van der Waals surface area contributed by atoms with Crippen molar-refractivity contribution >= 4 is 23.1 Å². The van der Waals surface area contributed by atoms with Crippen LogP contribution in [-0.2, 0) is 9.53 Å². The molecule has 1 aromatic carbocycles. The van der Waals surface area contributed by atoms with Crippen molar-refractivity contribution in [2.75, 3.05) is 7.11 Å². The van der Waals surface area contributed by atoms with Gasteiger partial charge in [-0.05, 0) is 37.7 Å². The van der Waals surface area contributed by atoms with Crippen LogP contribution in [0.25, 0.3) is 0 Å². The minimum Gasteiger partial charge on any atom is -0.503 e. The predicted octanol–water partition coefficient (Wildman–Crippen LogP) is 5.45. The van der Waals surface area contributed by atoms with E-state index in [0.717, 1.165) is 0 Å². The van der Waals surface area contributed by atoms with E-state index in [1.807, 2.05) is 25.1 Å². The van der Waals surface area contributed by atoms with Gasteiger partial charge in [0.25, 0.3) is 0 Å². The molecule has 5 nitrogen and oxygen atoms in total. The number of aromatic hydroxyl groups is 1. The number of ether oxygens (including phenoxy) is 2. The van der Waals surface area contributed by atoms with E-state index >= 15 is 0 Å². The van der Waals surface area contributed by atoms with Gasteiger partial charge in [0.15, 0.2) is 11.5 Å². The highest BCUT2D eigenvalue weighted by molar-refractivity contribution is 7.80. The van der Waals surface area contributed by atoms with E-state index in [-0.39, 0.29) is 35.9 Å². The van der Waals surface area contributed by atoms with Gasteiger partial charge in [0.05, 0.1) is 13.0 Å². The number of methoxy groups -OCH3 is 1. The lowest BCUT2D eigenvalue weighted by atomic mass is 9.81. The summed E-state index contributed by atoms with van der Waals surface area (Å²) in [5.41, 5.74) is 1.50. The summed E-state index contributed by atoms with van der Waals surface area (Å²) in [4.78, 5) is 17.5. The summed E-state index contributed by atoms with van der Waals surface area (Å²) >= 11 is 5.45. The van der Waals surface area contributed by atoms with Gasteiger partial charge in [-0.3, -0.25) is 9.78 Å². The number of esters is 1. The average molecular weight is 442 g/mol. The minimum atomic E-state index is -0.442. The van der Waals surface area contributed by atoms with E-state index in [2.05, 4.69) is 17.1 Å². The molecule has 2 aromatic rings. The number of pyridine rings is 1. The molecule has 0 bridgehead atoms. The summed E-state index contributed by atoms with van der Waals surface area (Å²) in [6.45, 7) is 3.79. The maximum Gasteiger partial charge on any atom is 0.309 e. The summed E-state index contributed by atoms with van der Waals surface area (Å²) in [6.07, 6.45) is 6.37. The van der Waals surface area contributed by atoms with Crippen molar-refractivity contribution in [3.8, 4) is 11.5 Å². The Morgan fingerprint density at radius 3 is 2.52 bits per heavy atom. The van der Waals surface area contributed by atoms with Gasteiger partial charge in [0, 0.05) is 23.0 Å². The molecule has 166 valence electrons. The topological polar surface area (TPSA) is 68.7 Å². The molecular weight excluding hydrogens is 410 g/mol. The first-order valence-electron chi connectivity index (χ1n) is 10.9. The summed E-state index contributed by atoms with van der Waals surface area (Å²) in [6, 6.07) is 11.9. The van der Waals surface area contributed by atoms with Crippen LogP contribution in [0.2, 0.25) is 0 Å². The van der Waals surface area contributed by atoms with Crippen LogP contribution in [0, 0.1) is 11.8 Å². The Balaban J connectivity index is 1.67. The lowest BCUT2D eigenvalue weighted by Crippen LogP contribution is -2.30. The van der Waals surface area contributed by atoms with Crippen LogP contribution in [-0.4, -0.2) is 34.1 Å². The first-order valence-corrected chi connectivity index (χ1v) is 11.3. The zero-order valence-corrected chi connectivity index (χ0v) is 19.2. The second-order valence-electron chi connectivity index (χ2n) is 8.36. The molecule has 0 spiro atoms. The largest absolute Gasteiger partial charge is 0.503 e. The molecule has 1 fully saturated rings. The number of benzene rings is 1. The molecule has 0 unspecified atom stereocenters. The van der Waals surface area contributed by atoms with E-state index in [1.54, 1.807) is 13.0 Å². The third kappa shape index (κ3) is 5.62. The van der Waals surface area contributed by atoms with E-state index in [4.69, 9.17) is 21.7 Å². The number of thiocarbonyl (C=S) groups is 1. The molecule has 0 radical (unpaired) electrons. The molecular formula is C25H31NO4S. The second kappa shape index (κ2) is 10.7. The van der Waals surface area contributed by atoms with E-state index in [0.29, 0.717) is 16.5 Å². The first kappa shape index (κ1) is 23.2. The Hall–Kier alpha value is -2.47. The smallest absolute Gasteiger partial charge is 0.309 e. The zero-order chi connectivity index (χ0) is 22.4. The van der Waals surface area contributed by atoms with Crippen molar-refractivity contribution in [2.45, 2.75) is 58.0 Å². The third-order valence-corrected chi connectivity index (χ3v) is 6.53. The number of aromatic nitrogens is 1. The molecule has 1 aliphatic carbocycles. The lowest BCUT2D eigenvalue weighted by Gasteiger charge is -2.30. The van der Waals surface area contributed by atoms with Crippen LogP contribution >= 0.6 is 12.2 Å². The summed E-state index contributed by atoms with van der Waals surface area (Å²) in [5.74, 6) is 0.196. The van der Waals surface area contributed by atoms with Crippen molar-refractivity contribution in [1.82, 2.24) is 4.98 Å². The Morgan fingerprint density at radius 1 is 1.19 bits per heavy atom. The molecule has 0 saturated heterocycles. The first-order chi connectivity index (χ1) is 14.9. The SMILES string of the molecule is COc1ccnc(C(=S)C[C@@H](C)C(=O)O[C@@H](C)[C@@H](c2ccccc2)C2CCCC2)c1O. The van der Waals surface area contributed by atoms with Gasteiger partial charge < -0.3 is 14.6 Å². The van der Waals surface area contributed by atoms with E-state index in [9.17, 15) is 9.90 Å². The summed E-state index contributed by atoms with van der Waals surface area (Å²) < 4.78 is 11.1. The number of hydrogen-bond acceptors (Lipinski definition) is 6. The Labute approximate surface area is 189 Å². The van der Waals surface area contributed by atoms with Crippen LogP contribution in [0.5, 0.6) is 11.5 Å². The summed E-state index contributed by atoms with van der Waals surface area (Å²) in [5, 5.41) is 10.3. The number of carbonyl (C=O) groups is 1. The molecule has 3 rings (SSSR count). The van der Waals surface area contributed by atoms with Crippen LogP contribution in [0.1, 0.15) is 63.1 Å². The zero-order valence-electron chi connectivity index (χ0n) is 18.4. The summed E-state index contributed by atoms with van der Waals surface area (Å²) in [7, 11) is 1.47. The third-order valence-electron chi connectivity index (χ3n) is 6.17. The standard InChI is InChI=1S/C25H31NO4S/c1-16(15-21(31)23-24(27)20(29-3)13-14-26-23)25(28)30-17(2)22(19-11-7-8-12-19)18-9-5-4-6-10-18/h4-6,9-10,13-14,16-17,19,22,27H,7-8,11-12,15H2,1-3H3/t16-,17+,22+/m1/s1. The normalized spacial score (nSPS) is 17.0. The minimum absolute atomic E-state index is 0.102. The van der Waals surface area contributed by atoms with E-state index < -0.39 is 5.92 Å². The monoisotopic (exact) mass is 441 g/mol. The molecule has 1 heterocycles. The number of rotatable bonds is 9. The molecule has 0 aliphatic heterocycles. The Morgan fingerprint density at radius 2 is 1.87 bits per heavy atom. The van der Waals surface area contributed by atoms with Crippen LogP contribution in [0.15, 0.2) is 42.6 Å². The predicted molar refractivity (Wildman–Crippen MR) is 125 cm³/mol. The number of carbonyl (C=O) groups excluding carboxylic acids is 1. The van der Waals surface area contributed by atoms with Gasteiger partial charge in [-0.25, -0.2) is 0 Å². The fraction of sp³-hybridized carbons (Fsp3) is 0.480. The van der Waals surface area contributed by atoms with Crippen molar-refractivity contribution in [3.63, 3.8) is 0 Å². The van der Waals surface area contributed by atoms with E-state index in [1.165, 1.54) is 44.6 Å². The molecule has 1 N–H and O–H groups in total. The van der Waals surface area contributed by atoms with Crippen LogP contribution in [0.4, 0.5) is 0 Å². The maximum atomic E-state index is 12.9. The van der Waals surface area contributed by atoms with Crippen molar-refractivity contribution < 1.29 is 19.4 Å². The van der Waals surface area contributed by atoms with Crippen molar-refractivity contribution in [2.24, 2.45) is 11.8 Å². The Kier molecular flexibility index (Phi) is 8.02. The van der Waals surface area contributed by atoms with Crippen molar-refractivity contribution in [3.05, 3.63) is 53.9 Å². The molecule has 1 aliphatic rings. The van der Waals surface area contributed by atoms with Crippen molar-refractivity contribution in [1.29, 1.82) is 0 Å². The highest BCUT2D eigenvalue weighted by Gasteiger charge is 2.33. The van der Waals surface area contributed by atoms with Gasteiger partial charge >= 0.3 is 5.97 Å². The fourth-order valence-corrected chi connectivity index (χ4v) is 4.95.